The van der Waals surface area contributed by atoms with Crippen LogP contribution in [0.1, 0.15) is 6.92 Å². The number of anilines is 2. The Morgan fingerprint density at radius 2 is 2.05 bits per heavy atom. The second kappa shape index (κ2) is 6.11. The predicted molar refractivity (Wildman–Crippen MR) is 80.8 cm³/mol. The molecule has 0 aliphatic rings. The van der Waals surface area contributed by atoms with Gasteiger partial charge in [0.25, 0.3) is 5.69 Å². The van der Waals surface area contributed by atoms with Crippen LogP contribution in [-0.4, -0.2) is 19.8 Å². The zero-order valence-electron chi connectivity index (χ0n) is 10.7. The van der Waals surface area contributed by atoms with Crippen molar-refractivity contribution in [2.75, 3.05) is 10.6 Å². The third-order valence-corrected chi connectivity index (χ3v) is 2.75. The molecule has 0 radical (unpaired) electrons. The first-order valence-corrected chi connectivity index (χ1v) is 6.35. The highest BCUT2D eigenvalue weighted by Gasteiger charge is 2.05. The number of nitrogens with zero attached hydrogens (tertiary/aromatic N) is 3. The fourth-order valence-corrected chi connectivity index (χ4v) is 1.77. The van der Waals surface area contributed by atoms with Gasteiger partial charge in [0.15, 0.2) is 10.9 Å². The van der Waals surface area contributed by atoms with Gasteiger partial charge in [-0.05, 0) is 31.3 Å². The minimum absolute atomic E-state index is 0.0381. The molecule has 104 valence electrons. The molecule has 0 spiro atoms. The van der Waals surface area contributed by atoms with Crippen LogP contribution in [0.15, 0.2) is 36.5 Å². The van der Waals surface area contributed by atoms with Crippen LogP contribution in [0.3, 0.4) is 0 Å². The van der Waals surface area contributed by atoms with Crippen molar-refractivity contribution in [3.63, 3.8) is 0 Å². The molecule has 0 atom stereocenters. The summed E-state index contributed by atoms with van der Waals surface area (Å²) in [5.74, 6) is 0.645. The van der Waals surface area contributed by atoms with Gasteiger partial charge in [-0.15, -0.1) is 0 Å². The van der Waals surface area contributed by atoms with E-state index in [9.17, 15) is 10.1 Å². The minimum Gasteiger partial charge on any atom is -0.332 e. The van der Waals surface area contributed by atoms with Crippen molar-refractivity contribution in [2.24, 2.45) is 0 Å². The van der Waals surface area contributed by atoms with Crippen molar-refractivity contribution in [3.05, 3.63) is 46.6 Å². The van der Waals surface area contributed by atoms with Crippen LogP contribution < -0.4 is 10.6 Å². The standard InChI is InChI=1S/C12H13N5O2S/c1-2-16-8-7-11(15-16)14-12(20)13-9-3-5-10(6-4-9)17(18)19/h3-8H,2H2,1H3,(H2,13,14,15,20). The van der Waals surface area contributed by atoms with E-state index in [0.717, 1.165) is 6.54 Å². The van der Waals surface area contributed by atoms with Gasteiger partial charge >= 0.3 is 0 Å². The quantitative estimate of drug-likeness (QED) is 0.511. The van der Waals surface area contributed by atoms with Gasteiger partial charge in [0.1, 0.15) is 0 Å². The van der Waals surface area contributed by atoms with E-state index in [1.165, 1.54) is 12.1 Å². The molecule has 20 heavy (non-hydrogen) atoms. The lowest BCUT2D eigenvalue weighted by atomic mass is 10.3. The summed E-state index contributed by atoms with van der Waals surface area (Å²) in [6, 6.07) is 7.83. The third-order valence-electron chi connectivity index (χ3n) is 2.54. The third kappa shape index (κ3) is 3.51. The molecule has 1 heterocycles. The van der Waals surface area contributed by atoms with E-state index in [1.54, 1.807) is 16.8 Å². The van der Waals surface area contributed by atoms with Gasteiger partial charge in [0.2, 0.25) is 0 Å². The summed E-state index contributed by atoms with van der Waals surface area (Å²) in [5, 5.41) is 21.0. The number of aromatic nitrogens is 2. The van der Waals surface area contributed by atoms with E-state index in [4.69, 9.17) is 12.2 Å². The lowest BCUT2D eigenvalue weighted by molar-refractivity contribution is -0.384. The van der Waals surface area contributed by atoms with Gasteiger partial charge in [0, 0.05) is 36.6 Å². The summed E-state index contributed by atoms with van der Waals surface area (Å²) in [6.07, 6.45) is 1.84. The molecule has 0 fully saturated rings. The zero-order chi connectivity index (χ0) is 14.5. The van der Waals surface area contributed by atoms with Crippen LogP contribution in [0.25, 0.3) is 0 Å². The average Bonchev–Trinajstić information content (AvgIpc) is 2.86. The van der Waals surface area contributed by atoms with E-state index in [2.05, 4.69) is 15.7 Å². The van der Waals surface area contributed by atoms with Gasteiger partial charge in [0.05, 0.1) is 4.92 Å². The number of aryl methyl sites for hydroxylation is 1. The lowest BCUT2D eigenvalue weighted by Gasteiger charge is -2.08. The normalized spacial score (nSPS) is 10.1. The van der Waals surface area contributed by atoms with Crippen molar-refractivity contribution >= 4 is 34.5 Å². The van der Waals surface area contributed by atoms with Crippen molar-refractivity contribution in [1.82, 2.24) is 9.78 Å². The van der Waals surface area contributed by atoms with E-state index in [-0.39, 0.29) is 5.69 Å². The Balaban J connectivity index is 1.95. The summed E-state index contributed by atoms with van der Waals surface area (Å²) in [5.41, 5.74) is 0.708. The van der Waals surface area contributed by atoms with Crippen molar-refractivity contribution in [1.29, 1.82) is 0 Å². The molecular weight excluding hydrogens is 278 g/mol. The van der Waals surface area contributed by atoms with Crippen molar-refractivity contribution in [2.45, 2.75) is 13.5 Å². The van der Waals surface area contributed by atoms with E-state index in [1.807, 2.05) is 19.2 Å². The summed E-state index contributed by atoms with van der Waals surface area (Å²) in [4.78, 5) is 10.1. The van der Waals surface area contributed by atoms with E-state index in [0.29, 0.717) is 16.6 Å². The van der Waals surface area contributed by atoms with Gasteiger partial charge in [-0.2, -0.15) is 5.10 Å². The minimum atomic E-state index is -0.447. The maximum absolute atomic E-state index is 10.5. The first-order valence-electron chi connectivity index (χ1n) is 5.94. The first-order chi connectivity index (χ1) is 9.58. The summed E-state index contributed by atoms with van der Waals surface area (Å²) in [7, 11) is 0. The number of nitro groups is 1. The number of rotatable bonds is 4. The molecule has 0 aliphatic carbocycles. The Bertz CT molecular complexity index is 623. The molecule has 8 heteroatoms. The highest BCUT2D eigenvalue weighted by atomic mass is 32.1. The highest BCUT2D eigenvalue weighted by molar-refractivity contribution is 7.80. The van der Waals surface area contributed by atoms with Gasteiger partial charge in [-0.3, -0.25) is 14.8 Å². The molecule has 0 saturated carbocycles. The van der Waals surface area contributed by atoms with Crippen LogP contribution in [0.5, 0.6) is 0 Å². The fourth-order valence-electron chi connectivity index (χ4n) is 1.55. The number of nitro benzene ring substituents is 1. The summed E-state index contributed by atoms with van der Waals surface area (Å²) < 4.78 is 1.77. The Kier molecular flexibility index (Phi) is 4.26. The van der Waals surface area contributed by atoms with Crippen molar-refractivity contribution in [3.8, 4) is 0 Å². The average molecular weight is 291 g/mol. The number of non-ortho nitro benzene ring substituents is 1. The molecule has 1 aromatic heterocycles. The second-order valence-electron chi connectivity index (χ2n) is 3.94. The Morgan fingerprint density at radius 3 is 2.60 bits per heavy atom. The molecule has 2 aromatic rings. The maximum atomic E-state index is 10.5. The lowest BCUT2D eigenvalue weighted by Crippen LogP contribution is -2.19. The first kappa shape index (κ1) is 13.9. The van der Waals surface area contributed by atoms with Crippen LogP contribution in [-0.2, 0) is 6.54 Å². The Labute approximate surface area is 120 Å². The fraction of sp³-hybridized carbons (Fsp3) is 0.167. The second-order valence-corrected chi connectivity index (χ2v) is 4.35. The summed E-state index contributed by atoms with van der Waals surface area (Å²) >= 11 is 5.14. The van der Waals surface area contributed by atoms with Crippen LogP contribution in [0.2, 0.25) is 0 Å². The molecular formula is C12H13N5O2S. The Morgan fingerprint density at radius 1 is 1.35 bits per heavy atom. The Hall–Kier alpha value is -2.48. The summed E-state index contributed by atoms with van der Waals surface area (Å²) in [6.45, 7) is 2.77. The van der Waals surface area contributed by atoms with Gasteiger partial charge in [-0.25, -0.2) is 0 Å². The molecule has 2 rings (SSSR count). The van der Waals surface area contributed by atoms with Gasteiger partial charge < -0.3 is 10.6 Å². The molecule has 1 aromatic carbocycles. The monoisotopic (exact) mass is 291 g/mol. The molecule has 0 amide bonds. The topological polar surface area (TPSA) is 85.0 Å². The highest BCUT2D eigenvalue weighted by Crippen LogP contribution is 2.15. The smallest absolute Gasteiger partial charge is 0.269 e. The van der Waals surface area contributed by atoms with Crippen LogP contribution >= 0.6 is 12.2 Å². The largest absolute Gasteiger partial charge is 0.332 e. The van der Waals surface area contributed by atoms with E-state index >= 15 is 0 Å². The molecule has 0 bridgehead atoms. The molecule has 0 aliphatic heterocycles. The predicted octanol–water partition coefficient (Wildman–Crippen LogP) is 2.62. The molecule has 7 nitrogen and oxygen atoms in total. The van der Waals surface area contributed by atoms with Crippen LogP contribution in [0, 0.1) is 10.1 Å². The number of benzene rings is 1. The molecule has 0 unspecified atom stereocenters. The van der Waals surface area contributed by atoms with Gasteiger partial charge in [-0.1, -0.05) is 0 Å². The maximum Gasteiger partial charge on any atom is 0.269 e. The van der Waals surface area contributed by atoms with Crippen LogP contribution in [0.4, 0.5) is 17.2 Å². The number of hydrogen-bond acceptors (Lipinski definition) is 4. The number of nitrogens with one attached hydrogen (secondary N) is 2. The molecule has 0 saturated heterocycles. The van der Waals surface area contributed by atoms with E-state index < -0.39 is 4.92 Å². The SMILES string of the molecule is CCn1ccc(NC(=S)Nc2ccc([N+](=O)[O-])cc2)n1. The van der Waals surface area contributed by atoms with Crippen molar-refractivity contribution < 1.29 is 4.92 Å². The number of thiocarbonyl (C=S) groups is 1. The zero-order valence-corrected chi connectivity index (χ0v) is 11.6. The molecule has 2 N–H and O–H groups in total. The number of hydrogen-bond donors (Lipinski definition) is 2.